The van der Waals surface area contributed by atoms with Crippen molar-refractivity contribution < 1.29 is 50.2 Å². The van der Waals surface area contributed by atoms with E-state index in [1.54, 1.807) is 12.1 Å². The molecule has 4 aromatic rings. The monoisotopic (exact) mass is 670 g/mol. The topological polar surface area (TPSA) is 139 Å². The second-order valence-electron chi connectivity index (χ2n) is 8.62. The highest BCUT2D eigenvalue weighted by molar-refractivity contribution is 9.10. The van der Waals surface area contributed by atoms with Crippen molar-refractivity contribution in [1.82, 2.24) is 15.3 Å². The SMILES string of the molecule is COc1ccc(CNC(=O)OCC(Oc2ccc(F)c(C(N)=O)c2F)c2nc(-c3ccc(C(F)(F)F)cc3)c(Br)o2)cn1. The van der Waals surface area contributed by atoms with E-state index in [0.29, 0.717) is 11.4 Å². The molecule has 0 saturated carbocycles. The summed E-state index contributed by atoms with van der Waals surface area (Å²) in [5, 5.41) is 2.48. The molecular formula is C27H20BrF5N4O6. The molecule has 0 spiro atoms. The highest BCUT2D eigenvalue weighted by atomic mass is 79.9. The number of methoxy groups -OCH3 is 1. The number of alkyl carbamates (subject to hydrolysis) is 1. The number of carbonyl (C=O) groups excluding carboxylic acids is 2. The van der Waals surface area contributed by atoms with Crippen LogP contribution in [-0.4, -0.2) is 35.7 Å². The van der Waals surface area contributed by atoms with E-state index in [1.165, 1.54) is 13.3 Å². The molecule has 0 saturated heterocycles. The van der Waals surface area contributed by atoms with Gasteiger partial charge in [-0.3, -0.25) is 4.79 Å². The maximum Gasteiger partial charge on any atom is 0.416 e. The van der Waals surface area contributed by atoms with E-state index in [9.17, 15) is 31.5 Å². The minimum atomic E-state index is -4.56. The van der Waals surface area contributed by atoms with Gasteiger partial charge in [-0.25, -0.2) is 23.5 Å². The van der Waals surface area contributed by atoms with Crippen LogP contribution >= 0.6 is 15.9 Å². The molecule has 2 aromatic carbocycles. The predicted octanol–water partition coefficient (Wildman–Crippen LogP) is 5.95. The minimum absolute atomic E-state index is 0.0124. The first-order chi connectivity index (χ1) is 20.4. The van der Waals surface area contributed by atoms with Crippen LogP contribution in [0.2, 0.25) is 0 Å². The number of nitrogens with one attached hydrogen (secondary N) is 1. The van der Waals surface area contributed by atoms with Crippen LogP contribution in [0.4, 0.5) is 26.7 Å². The molecule has 0 aliphatic carbocycles. The molecule has 1 unspecified atom stereocenters. The molecule has 3 N–H and O–H groups in total. The Balaban J connectivity index is 1.58. The zero-order valence-electron chi connectivity index (χ0n) is 21.9. The van der Waals surface area contributed by atoms with Crippen LogP contribution in [0.5, 0.6) is 11.6 Å². The van der Waals surface area contributed by atoms with E-state index in [2.05, 4.69) is 31.2 Å². The number of ether oxygens (including phenoxy) is 3. The van der Waals surface area contributed by atoms with Crippen molar-refractivity contribution in [3.63, 3.8) is 0 Å². The molecule has 4 rings (SSSR count). The Bertz CT molecular complexity index is 1610. The molecular weight excluding hydrogens is 651 g/mol. The first-order valence-corrected chi connectivity index (χ1v) is 12.8. The number of nitrogens with two attached hydrogens (primary N) is 1. The van der Waals surface area contributed by atoms with E-state index in [0.717, 1.165) is 36.4 Å². The lowest BCUT2D eigenvalue weighted by atomic mass is 10.1. The maximum atomic E-state index is 15.0. The molecule has 43 heavy (non-hydrogen) atoms. The zero-order valence-corrected chi connectivity index (χ0v) is 23.5. The number of aromatic nitrogens is 2. The van der Waals surface area contributed by atoms with Gasteiger partial charge < -0.3 is 29.7 Å². The lowest BCUT2D eigenvalue weighted by Gasteiger charge is -2.18. The molecule has 10 nitrogen and oxygen atoms in total. The summed E-state index contributed by atoms with van der Waals surface area (Å²) in [7, 11) is 1.45. The molecule has 2 heterocycles. The summed E-state index contributed by atoms with van der Waals surface area (Å²) < 4.78 is 89.2. The Morgan fingerprint density at radius 2 is 1.81 bits per heavy atom. The van der Waals surface area contributed by atoms with E-state index in [-0.39, 0.29) is 28.4 Å². The molecule has 1 atom stereocenters. The lowest BCUT2D eigenvalue weighted by molar-refractivity contribution is -0.137. The average Bonchev–Trinajstić information content (AvgIpc) is 3.36. The number of nitrogens with zero attached hydrogens (tertiary/aromatic N) is 2. The number of amides is 2. The third kappa shape index (κ3) is 7.57. The van der Waals surface area contributed by atoms with Crippen molar-refractivity contribution in [3.05, 3.63) is 93.6 Å². The number of oxazole rings is 1. The van der Waals surface area contributed by atoms with Crippen molar-refractivity contribution >= 4 is 27.9 Å². The number of benzene rings is 2. The molecule has 0 aliphatic heterocycles. The van der Waals surface area contributed by atoms with Gasteiger partial charge in [-0.05, 0) is 45.8 Å². The van der Waals surface area contributed by atoms with Gasteiger partial charge in [-0.1, -0.05) is 18.2 Å². The summed E-state index contributed by atoms with van der Waals surface area (Å²) >= 11 is 3.13. The van der Waals surface area contributed by atoms with Crippen molar-refractivity contribution in [1.29, 1.82) is 0 Å². The summed E-state index contributed by atoms with van der Waals surface area (Å²) in [6.45, 7) is -0.632. The molecule has 16 heteroatoms. The fraction of sp³-hybridized carbons (Fsp3) is 0.185. The van der Waals surface area contributed by atoms with Gasteiger partial charge in [-0.2, -0.15) is 13.2 Å². The number of pyridine rings is 1. The fourth-order valence-electron chi connectivity index (χ4n) is 3.62. The summed E-state index contributed by atoms with van der Waals surface area (Å²) in [5.74, 6) is -4.66. The molecule has 0 fully saturated rings. The minimum Gasteiger partial charge on any atom is -0.481 e. The fourth-order valence-corrected chi connectivity index (χ4v) is 4.11. The summed E-state index contributed by atoms with van der Waals surface area (Å²) in [4.78, 5) is 32.2. The molecule has 2 amide bonds. The van der Waals surface area contributed by atoms with E-state index >= 15 is 0 Å². The smallest absolute Gasteiger partial charge is 0.416 e. The number of carbonyl (C=O) groups is 2. The van der Waals surface area contributed by atoms with E-state index < -0.39 is 59.4 Å². The van der Waals surface area contributed by atoms with Gasteiger partial charge in [0.05, 0.1) is 12.7 Å². The molecule has 0 radical (unpaired) electrons. The maximum absolute atomic E-state index is 15.0. The highest BCUT2D eigenvalue weighted by Crippen LogP contribution is 2.36. The highest BCUT2D eigenvalue weighted by Gasteiger charge is 2.31. The first kappa shape index (κ1) is 31.2. The van der Waals surface area contributed by atoms with Gasteiger partial charge in [0, 0.05) is 24.4 Å². The number of alkyl halides is 3. The molecule has 0 aliphatic rings. The third-order valence-corrected chi connectivity index (χ3v) is 6.28. The number of hydrogen-bond donors (Lipinski definition) is 2. The number of rotatable bonds is 10. The quantitative estimate of drug-likeness (QED) is 0.197. The standard InChI is InChI=1S/C27H20BrF5N4O6/c1-40-19-9-2-13(10-35-19)11-36-26(39)41-12-18(42-17-8-7-16(29)20(21(17)30)24(34)38)25-37-22(23(28)43-25)14-3-5-15(6-4-14)27(31,32)33/h2-10,18H,11-12H2,1H3,(H2,34,38)(H,36,39). The van der Waals surface area contributed by atoms with Crippen LogP contribution in [-0.2, 0) is 17.5 Å². The van der Waals surface area contributed by atoms with Crippen LogP contribution in [0.3, 0.4) is 0 Å². The number of primary amides is 1. The molecule has 2 aromatic heterocycles. The van der Waals surface area contributed by atoms with Crippen LogP contribution in [0, 0.1) is 11.6 Å². The Labute approximate surface area is 248 Å². The lowest BCUT2D eigenvalue weighted by Crippen LogP contribution is -2.27. The summed E-state index contributed by atoms with van der Waals surface area (Å²) in [6.07, 6.45) is -5.52. The molecule has 226 valence electrons. The van der Waals surface area contributed by atoms with Crippen molar-refractivity contribution in [2.24, 2.45) is 5.73 Å². The Morgan fingerprint density at radius 1 is 1.09 bits per heavy atom. The summed E-state index contributed by atoms with van der Waals surface area (Å²) in [5.41, 5.74) is 3.99. The van der Waals surface area contributed by atoms with Crippen LogP contribution in [0.25, 0.3) is 11.3 Å². The Hall–Kier alpha value is -4.73. The van der Waals surface area contributed by atoms with Gasteiger partial charge >= 0.3 is 12.3 Å². The van der Waals surface area contributed by atoms with Crippen LogP contribution < -0.4 is 20.5 Å². The zero-order chi connectivity index (χ0) is 31.3. The second kappa shape index (κ2) is 13.1. The number of hydrogen-bond acceptors (Lipinski definition) is 8. The average molecular weight is 671 g/mol. The van der Waals surface area contributed by atoms with E-state index in [1.807, 2.05) is 0 Å². The van der Waals surface area contributed by atoms with Crippen molar-refractivity contribution in [2.75, 3.05) is 13.7 Å². The Morgan fingerprint density at radius 3 is 2.42 bits per heavy atom. The predicted molar refractivity (Wildman–Crippen MR) is 142 cm³/mol. The summed E-state index contributed by atoms with van der Waals surface area (Å²) in [6, 6.07) is 8.84. The van der Waals surface area contributed by atoms with Gasteiger partial charge in [0.1, 0.15) is 23.7 Å². The third-order valence-electron chi connectivity index (χ3n) is 5.74. The van der Waals surface area contributed by atoms with E-state index in [4.69, 9.17) is 24.4 Å². The normalized spacial score (nSPS) is 12.0. The van der Waals surface area contributed by atoms with Gasteiger partial charge in [0.25, 0.3) is 5.91 Å². The largest absolute Gasteiger partial charge is 0.481 e. The number of halogens is 6. The first-order valence-electron chi connectivity index (χ1n) is 12.0. The van der Waals surface area contributed by atoms with Crippen molar-refractivity contribution in [3.8, 4) is 22.9 Å². The molecule has 0 bridgehead atoms. The van der Waals surface area contributed by atoms with Gasteiger partial charge in [0.15, 0.2) is 16.2 Å². The van der Waals surface area contributed by atoms with Crippen LogP contribution in [0.1, 0.15) is 33.5 Å². The van der Waals surface area contributed by atoms with Gasteiger partial charge in [-0.15, -0.1) is 0 Å². The van der Waals surface area contributed by atoms with Gasteiger partial charge in [0.2, 0.25) is 17.9 Å². The van der Waals surface area contributed by atoms with Crippen LogP contribution in [0.15, 0.2) is 63.8 Å². The second-order valence-corrected chi connectivity index (χ2v) is 9.34. The van der Waals surface area contributed by atoms with Crippen molar-refractivity contribution in [2.45, 2.75) is 18.8 Å². The Kier molecular flexibility index (Phi) is 9.48.